The fraction of sp³-hybridized carbons (Fsp3) is 0.375. The molecule has 0 rings (SSSR count). The Kier molecular flexibility index (Phi) is 5.47. The third-order valence-electron chi connectivity index (χ3n) is 1.11. The predicted octanol–water partition coefficient (Wildman–Crippen LogP) is 1.21. The summed E-state index contributed by atoms with van der Waals surface area (Å²) in [6.07, 6.45) is 3.90. The molecule has 0 saturated heterocycles. The van der Waals surface area contributed by atoms with Gasteiger partial charge in [-0.2, -0.15) is 0 Å². The second-order valence-corrected chi connectivity index (χ2v) is 2.50. The van der Waals surface area contributed by atoms with Crippen molar-refractivity contribution in [2.45, 2.75) is 6.92 Å². The van der Waals surface area contributed by atoms with Crippen molar-refractivity contribution in [1.82, 2.24) is 10.6 Å². The van der Waals surface area contributed by atoms with E-state index in [9.17, 15) is 0 Å². The molecule has 0 heterocycles. The van der Waals surface area contributed by atoms with Gasteiger partial charge in [0.1, 0.15) is 0 Å². The second-order valence-electron chi connectivity index (χ2n) is 2.09. The molecule has 0 spiro atoms. The molecule has 2 nitrogen and oxygen atoms in total. The lowest BCUT2D eigenvalue weighted by Gasteiger charge is -2.05. The van der Waals surface area contributed by atoms with Gasteiger partial charge in [-0.3, -0.25) is 0 Å². The number of rotatable bonds is 3. The molecule has 0 aromatic rings. The highest BCUT2D eigenvalue weighted by atomic mass is 32.1. The van der Waals surface area contributed by atoms with E-state index in [1.54, 1.807) is 7.05 Å². The van der Waals surface area contributed by atoms with Gasteiger partial charge in [-0.05, 0) is 24.7 Å². The SMILES string of the molecule is C=C(C=CC)CNC(=S)NC. The van der Waals surface area contributed by atoms with Crippen LogP contribution >= 0.6 is 12.2 Å². The van der Waals surface area contributed by atoms with Gasteiger partial charge in [0, 0.05) is 13.6 Å². The van der Waals surface area contributed by atoms with Gasteiger partial charge < -0.3 is 10.6 Å². The lowest BCUT2D eigenvalue weighted by atomic mass is 10.3. The Bertz CT molecular complexity index is 173. The normalized spacial score (nSPS) is 9.64. The largest absolute Gasteiger partial charge is 0.366 e. The highest BCUT2D eigenvalue weighted by molar-refractivity contribution is 7.80. The molecule has 0 aliphatic carbocycles. The van der Waals surface area contributed by atoms with Crippen LogP contribution in [0.2, 0.25) is 0 Å². The Morgan fingerprint density at radius 1 is 1.64 bits per heavy atom. The fourth-order valence-corrected chi connectivity index (χ4v) is 0.649. The van der Waals surface area contributed by atoms with Crippen LogP contribution in [-0.2, 0) is 0 Å². The highest BCUT2D eigenvalue weighted by Gasteiger charge is 1.89. The molecule has 0 aliphatic heterocycles. The summed E-state index contributed by atoms with van der Waals surface area (Å²) >= 11 is 4.87. The van der Waals surface area contributed by atoms with E-state index in [1.165, 1.54) is 0 Å². The average Bonchev–Trinajstić information content (AvgIpc) is 2.01. The van der Waals surface area contributed by atoms with Crippen molar-refractivity contribution in [2.24, 2.45) is 0 Å². The molecule has 0 saturated carbocycles. The maximum absolute atomic E-state index is 4.87. The summed E-state index contributed by atoms with van der Waals surface area (Å²) in [6.45, 7) is 6.47. The second kappa shape index (κ2) is 5.92. The molecule has 3 heteroatoms. The van der Waals surface area contributed by atoms with E-state index >= 15 is 0 Å². The molecule has 2 N–H and O–H groups in total. The van der Waals surface area contributed by atoms with Gasteiger partial charge in [-0.15, -0.1) is 0 Å². The van der Waals surface area contributed by atoms with E-state index < -0.39 is 0 Å². The number of nitrogens with one attached hydrogen (secondary N) is 2. The van der Waals surface area contributed by atoms with E-state index in [4.69, 9.17) is 12.2 Å². The Morgan fingerprint density at radius 2 is 2.27 bits per heavy atom. The van der Waals surface area contributed by atoms with Crippen LogP contribution in [0.1, 0.15) is 6.92 Å². The molecule has 11 heavy (non-hydrogen) atoms. The van der Waals surface area contributed by atoms with Crippen LogP contribution < -0.4 is 10.6 Å². The van der Waals surface area contributed by atoms with Crippen molar-refractivity contribution >= 4 is 17.3 Å². The summed E-state index contributed by atoms with van der Waals surface area (Å²) in [4.78, 5) is 0. The molecule has 0 radical (unpaired) electrons. The number of thiocarbonyl (C=S) groups is 1. The van der Waals surface area contributed by atoms with Gasteiger partial charge in [0.15, 0.2) is 5.11 Å². The summed E-state index contributed by atoms with van der Waals surface area (Å²) in [7, 11) is 1.79. The van der Waals surface area contributed by atoms with Gasteiger partial charge in [0.2, 0.25) is 0 Å². The van der Waals surface area contributed by atoms with Crippen molar-refractivity contribution in [2.75, 3.05) is 13.6 Å². The topological polar surface area (TPSA) is 24.1 Å². The van der Waals surface area contributed by atoms with Crippen LogP contribution in [0.3, 0.4) is 0 Å². The molecule has 0 aromatic heterocycles. The third-order valence-corrected chi connectivity index (χ3v) is 1.45. The quantitative estimate of drug-likeness (QED) is 0.492. The minimum absolute atomic E-state index is 0.649. The molecule has 0 aliphatic rings. The van der Waals surface area contributed by atoms with Crippen LogP contribution in [0.5, 0.6) is 0 Å². The molecule has 62 valence electrons. The first kappa shape index (κ1) is 10.2. The molecule has 0 bridgehead atoms. The standard InChI is InChI=1S/C8H14N2S/c1-4-5-7(2)6-10-8(11)9-3/h4-5H,2,6H2,1,3H3,(H2,9,10,11). The van der Waals surface area contributed by atoms with E-state index in [-0.39, 0.29) is 0 Å². The van der Waals surface area contributed by atoms with Crippen molar-refractivity contribution in [3.05, 3.63) is 24.3 Å². The molecule has 0 aromatic carbocycles. The van der Waals surface area contributed by atoms with Gasteiger partial charge >= 0.3 is 0 Å². The monoisotopic (exact) mass is 170 g/mol. The van der Waals surface area contributed by atoms with Gasteiger partial charge in [-0.1, -0.05) is 18.7 Å². The van der Waals surface area contributed by atoms with Crippen LogP contribution in [0.15, 0.2) is 24.3 Å². The summed E-state index contributed by atoms with van der Waals surface area (Å²) in [5.41, 5.74) is 1.02. The van der Waals surface area contributed by atoms with E-state index in [0.29, 0.717) is 11.7 Å². The first-order valence-electron chi connectivity index (χ1n) is 3.46. The van der Waals surface area contributed by atoms with Gasteiger partial charge in [-0.25, -0.2) is 0 Å². The summed E-state index contributed by atoms with van der Waals surface area (Å²) < 4.78 is 0. The molecular formula is C8H14N2S. The summed E-state index contributed by atoms with van der Waals surface area (Å²) in [6, 6.07) is 0. The summed E-state index contributed by atoms with van der Waals surface area (Å²) in [5.74, 6) is 0. The smallest absolute Gasteiger partial charge is 0.166 e. The van der Waals surface area contributed by atoms with Gasteiger partial charge in [0.05, 0.1) is 0 Å². The van der Waals surface area contributed by atoms with Crippen LogP contribution in [0.4, 0.5) is 0 Å². The van der Waals surface area contributed by atoms with E-state index in [1.807, 2.05) is 19.1 Å². The van der Waals surface area contributed by atoms with Crippen LogP contribution in [0.25, 0.3) is 0 Å². The van der Waals surface area contributed by atoms with Crippen LogP contribution in [0, 0.1) is 0 Å². The molecule has 0 unspecified atom stereocenters. The van der Waals surface area contributed by atoms with Crippen molar-refractivity contribution in [1.29, 1.82) is 0 Å². The third kappa shape index (κ3) is 5.61. The Balaban J connectivity index is 3.54. The Hall–Kier alpha value is -0.830. The van der Waals surface area contributed by atoms with Gasteiger partial charge in [0.25, 0.3) is 0 Å². The number of allylic oxidation sites excluding steroid dienone is 1. The Labute approximate surface area is 73.4 Å². The first-order valence-corrected chi connectivity index (χ1v) is 3.87. The van der Waals surface area contributed by atoms with Crippen LogP contribution in [-0.4, -0.2) is 18.7 Å². The maximum atomic E-state index is 4.87. The maximum Gasteiger partial charge on any atom is 0.166 e. The van der Waals surface area contributed by atoms with E-state index in [2.05, 4.69) is 17.2 Å². The molecular weight excluding hydrogens is 156 g/mol. The predicted molar refractivity (Wildman–Crippen MR) is 53.6 cm³/mol. The van der Waals surface area contributed by atoms with Crippen molar-refractivity contribution < 1.29 is 0 Å². The zero-order valence-corrected chi connectivity index (χ0v) is 7.79. The minimum Gasteiger partial charge on any atom is -0.366 e. The average molecular weight is 170 g/mol. The van der Waals surface area contributed by atoms with Crippen molar-refractivity contribution in [3.8, 4) is 0 Å². The lowest BCUT2D eigenvalue weighted by molar-refractivity contribution is 0.968. The zero-order chi connectivity index (χ0) is 8.69. The number of hydrogen-bond donors (Lipinski definition) is 2. The molecule has 0 atom stereocenters. The zero-order valence-electron chi connectivity index (χ0n) is 6.98. The summed E-state index contributed by atoms with van der Waals surface area (Å²) in [5, 5.41) is 6.45. The molecule has 0 fully saturated rings. The lowest BCUT2D eigenvalue weighted by Crippen LogP contribution is -2.33. The first-order chi connectivity index (χ1) is 5.20. The number of hydrogen-bond acceptors (Lipinski definition) is 1. The van der Waals surface area contributed by atoms with E-state index in [0.717, 1.165) is 5.57 Å². The van der Waals surface area contributed by atoms with Crippen molar-refractivity contribution in [3.63, 3.8) is 0 Å². The highest BCUT2D eigenvalue weighted by Crippen LogP contribution is 1.88. The molecule has 0 amide bonds. The minimum atomic E-state index is 0.649. The Morgan fingerprint density at radius 3 is 2.73 bits per heavy atom. The fourth-order valence-electron chi connectivity index (χ4n) is 0.577.